The Morgan fingerprint density at radius 3 is 2.06 bits per heavy atom. The molecule has 34 heavy (non-hydrogen) atoms. The third kappa shape index (κ3) is 5.56. The quantitative estimate of drug-likeness (QED) is 0.292. The van der Waals surface area contributed by atoms with Crippen molar-refractivity contribution in [3.63, 3.8) is 0 Å². The van der Waals surface area contributed by atoms with Crippen molar-refractivity contribution in [2.24, 2.45) is 0 Å². The van der Waals surface area contributed by atoms with E-state index in [9.17, 15) is 23.1 Å². The minimum Gasteiger partial charge on any atom is -0.506 e. The Hall–Kier alpha value is -4.25. The number of ether oxygens (including phenoxy) is 2. The summed E-state index contributed by atoms with van der Waals surface area (Å²) < 4.78 is 38.7. The molecule has 0 fully saturated rings. The highest BCUT2D eigenvalue weighted by molar-refractivity contribution is 7.92. The Kier molecular flexibility index (Phi) is 6.97. The van der Waals surface area contributed by atoms with Gasteiger partial charge in [-0.2, -0.15) is 0 Å². The Morgan fingerprint density at radius 2 is 1.50 bits per heavy atom. The zero-order valence-electron chi connectivity index (χ0n) is 18.4. The second-order valence-corrected chi connectivity index (χ2v) is 8.94. The smallest absolute Gasteiger partial charge is 0.394 e. The number of rotatable bonds is 7. The number of methoxy groups -OCH3 is 1. The Balaban J connectivity index is 1.85. The summed E-state index contributed by atoms with van der Waals surface area (Å²) in [7, 11) is -2.53. The summed E-state index contributed by atoms with van der Waals surface area (Å²) in [5.41, 5.74) is 1.38. The second-order valence-electron chi connectivity index (χ2n) is 7.26. The standard InChI is InChI=1S/C23H22N2O8S/c1-13-10-15(24-22(27)23(28)29)11-14(2)21(13)33-17-6-9-20(26)19(12-17)25-34(30,31)18-7-4-16(32-3)5-8-18/h4-12,25-26H,1-3H3,(H,24,27)(H,28,29). The van der Waals surface area contributed by atoms with Crippen LogP contribution in [0.1, 0.15) is 11.1 Å². The van der Waals surface area contributed by atoms with Crippen molar-refractivity contribution in [2.75, 3.05) is 17.1 Å². The van der Waals surface area contributed by atoms with E-state index in [0.717, 1.165) is 0 Å². The highest BCUT2D eigenvalue weighted by Crippen LogP contribution is 2.36. The SMILES string of the molecule is COc1ccc(S(=O)(=O)Nc2cc(Oc3c(C)cc(NC(=O)C(=O)O)cc3C)ccc2O)cc1. The predicted molar refractivity (Wildman–Crippen MR) is 124 cm³/mol. The van der Waals surface area contributed by atoms with Gasteiger partial charge < -0.3 is 25.0 Å². The number of carbonyl (C=O) groups is 2. The maximum atomic E-state index is 12.7. The van der Waals surface area contributed by atoms with E-state index in [-0.39, 0.29) is 27.8 Å². The number of carbonyl (C=O) groups excluding carboxylic acids is 1. The number of nitrogens with one attached hydrogen (secondary N) is 2. The number of benzene rings is 3. The maximum Gasteiger partial charge on any atom is 0.394 e. The van der Waals surface area contributed by atoms with Crippen LogP contribution in [0.3, 0.4) is 0 Å². The van der Waals surface area contributed by atoms with Gasteiger partial charge in [-0.15, -0.1) is 0 Å². The molecule has 10 nitrogen and oxygen atoms in total. The van der Waals surface area contributed by atoms with E-state index < -0.39 is 21.9 Å². The van der Waals surface area contributed by atoms with Gasteiger partial charge in [0.25, 0.3) is 10.0 Å². The number of phenols is 1. The Morgan fingerprint density at radius 1 is 0.912 bits per heavy atom. The van der Waals surface area contributed by atoms with E-state index in [2.05, 4.69) is 10.0 Å². The number of hydrogen-bond donors (Lipinski definition) is 4. The molecule has 3 rings (SSSR count). The molecule has 4 N–H and O–H groups in total. The first kappa shape index (κ1) is 24.4. The normalized spacial score (nSPS) is 10.9. The first-order valence-electron chi connectivity index (χ1n) is 9.83. The van der Waals surface area contributed by atoms with E-state index in [1.807, 2.05) is 0 Å². The maximum absolute atomic E-state index is 12.7. The molecule has 0 saturated heterocycles. The largest absolute Gasteiger partial charge is 0.506 e. The molecule has 0 spiro atoms. The molecule has 0 heterocycles. The number of aryl methyl sites for hydroxylation is 2. The second kappa shape index (κ2) is 9.71. The monoisotopic (exact) mass is 486 g/mol. The molecular formula is C23H22N2O8S. The highest BCUT2D eigenvalue weighted by atomic mass is 32.2. The lowest BCUT2D eigenvalue weighted by atomic mass is 10.1. The molecule has 0 aliphatic heterocycles. The summed E-state index contributed by atoms with van der Waals surface area (Å²) >= 11 is 0. The van der Waals surface area contributed by atoms with Crippen molar-refractivity contribution < 1.29 is 37.7 Å². The van der Waals surface area contributed by atoms with E-state index >= 15 is 0 Å². The number of hydrogen-bond acceptors (Lipinski definition) is 7. The van der Waals surface area contributed by atoms with E-state index in [4.69, 9.17) is 14.6 Å². The number of sulfonamides is 1. The van der Waals surface area contributed by atoms with Gasteiger partial charge in [-0.1, -0.05) is 0 Å². The van der Waals surface area contributed by atoms with Crippen LogP contribution >= 0.6 is 0 Å². The summed E-state index contributed by atoms with van der Waals surface area (Å²) in [6.07, 6.45) is 0. The van der Waals surface area contributed by atoms with Crippen LogP contribution in [0.15, 0.2) is 59.5 Å². The third-order valence-electron chi connectivity index (χ3n) is 4.71. The summed E-state index contributed by atoms with van der Waals surface area (Å²) in [6.45, 7) is 3.40. The zero-order chi connectivity index (χ0) is 25.0. The molecule has 0 saturated carbocycles. The van der Waals surface area contributed by atoms with Gasteiger partial charge in [0.05, 0.1) is 17.7 Å². The van der Waals surface area contributed by atoms with Crippen molar-refractivity contribution in [2.45, 2.75) is 18.7 Å². The molecule has 0 aliphatic rings. The first-order chi connectivity index (χ1) is 16.0. The van der Waals surface area contributed by atoms with Crippen LogP contribution < -0.4 is 19.5 Å². The first-order valence-corrected chi connectivity index (χ1v) is 11.3. The van der Waals surface area contributed by atoms with Crippen molar-refractivity contribution >= 4 is 33.3 Å². The van der Waals surface area contributed by atoms with Gasteiger partial charge in [0, 0.05) is 11.8 Å². The molecule has 3 aromatic carbocycles. The highest BCUT2D eigenvalue weighted by Gasteiger charge is 2.18. The van der Waals surface area contributed by atoms with Gasteiger partial charge >= 0.3 is 11.9 Å². The molecule has 0 aliphatic carbocycles. The van der Waals surface area contributed by atoms with Crippen LogP contribution in [0, 0.1) is 13.8 Å². The zero-order valence-corrected chi connectivity index (χ0v) is 19.3. The van der Waals surface area contributed by atoms with Gasteiger partial charge in [0.1, 0.15) is 23.0 Å². The van der Waals surface area contributed by atoms with E-state index in [1.54, 1.807) is 13.8 Å². The lowest BCUT2D eigenvalue weighted by molar-refractivity contribution is -0.147. The van der Waals surface area contributed by atoms with Gasteiger partial charge in [-0.25, -0.2) is 13.2 Å². The van der Waals surface area contributed by atoms with Crippen molar-refractivity contribution in [1.29, 1.82) is 0 Å². The lowest BCUT2D eigenvalue weighted by Crippen LogP contribution is -2.21. The minimum absolute atomic E-state index is 0.0234. The van der Waals surface area contributed by atoms with Crippen molar-refractivity contribution in [3.05, 3.63) is 65.7 Å². The summed E-state index contributed by atoms with van der Waals surface area (Å²) in [6, 6.07) is 12.9. The fraction of sp³-hybridized carbons (Fsp3) is 0.130. The number of aliphatic carboxylic acids is 1. The summed E-state index contributed by atoms with van der Waals surface area (Å²) in [5, 5.41) is 21.2. The van der Waals surface area contributed by atoms with Gasteiger partial charge in [0.2, 0.25) is 0 Å². The molecule has 0 radical (unpaired) electrons. The molecule has 3 aromatic rings. The lowest BCUT2D eigenvalue weighted by Gasteiger charge is -2.16. The minimum atomic E-state index is -4.00. The molecule has 1 amide bonds. The molecule has 178 valence electrons. The van der Waals surface area contributed by atoms with E-state index in [1.165, 1.54) is 61.7 Å². The Bertz CT molecular complexity index is 1330. The van der Waals surface area contributed by atoms with Crippen molar-refractivity contribution in [3.8, 4) is 23.0 Å². The fourth-order valence-electron chi connectivity index (χ4n) is 3.10. The average Bonchev–Trinajstić information content (AvgIpc) is 2.78. The van der Waals surface area contributed by atoms with Crippen LogP contribution in [0.4, 0.5) is 11.4 Å². The number of carboxylic acid groups (broad SMARTS) is 1. The average molecular weight is 487 g/mol. The van der Waals surface area contributed by atoms with Crippen LogP contribution in [0.5, 0.6) is 23.0 Å². The molecule has 0 unspecified atom stereocenters. The number of anilines is 2. The molecule has 11 heteroatoms. The molecule has 0 bridgehead atoms. The van der Waals surface area contributed by atoms with Crippen LogP contribution in [0.25, 0.3) is 0 Å². The topological polar surface area (TPSA) is 151 Å². The number of carboxylic acids is 1. The van der Waals surface area contributed by atoms with Crippen LogP contribution in [-0.4, -0.2) is 37.6 Å². The van der Waals surface area contributed by atoms with Crippen LogP contribution in [0.2, 0.25) is 0 Å². The van der Waals surface area contributed by atoms with Gasteiger partial charge in [-0.3, -0.25) is 9.52 Å². The molecule has 0 aromatic heterocycles. The third-order valence-corrected chi connectivity index (χ3v) is 6.10. The Labute approximate surface area is 195 Å². The van der Waals surface area contributed by atoms with Crippen LogP contribution in [-0.2, 0) is 19.6 Å². The predicted octanol–water partition coefficient (Wildman–Crippen LogP) is 3.63. The summed E-state index contributed by atoms with van der Waals surface area (Å²) in [5.74, 6) is -1.92. The number of phenolic OH excluding ortho intramolecular Hbond substituents is 1. The fourth-order valence-corrected chi connectivity index (χ4v) is 4.17. The number of amides is 1. The van der Waals surface area contributed by atoms with Gasteiger partial charge in [-0.05, 0) is 73.5 Å². The van der Waals surface area contributed by atoms with Gasteiger partial charge in [0.15, 0.2) is 0 Å². The molecular weight excluding hydrogens is 464 g/mol. The summed E-state index contributed by atoms with van der Waals surface area (Å²) in [4.78, 5) is 22.1. The number of aromatic hydroxyl groups is 1. The van der Waals surface area contributed by atoms with Crippen molar-refractivity contribution in [1.82, 2.24) is 0 Å². The molecule has 0 atom stereocenters. The van der Waals surface area contributed by atoms with E-state index in [0.29, 0.717) is 22.6 Å².